The third kappa shape index (κ3) is 4.96. The average Bonchev–Trinajstić information content (AvgIpc) is 2.59. The molecule has 0 aliphatic heterocycles. The van der Waals surface area contributed by atoms with Crippen LogP contribution < -0.4 is 20.1 Å². The summed E-state index contributed by atoms with van der Waals surface area (Å²) < 4.78 is 15.5. The van der Waals surface area contributed by atoms with Crippen LogP contribution in [0.5, 0.6) is 11.5 Å². The monoisotopic (exact) mass is 319 g/mol. The molecule has 8 heteroatoms. The van der Waals surface area contributed by atoms with Crippen molar-refractivity contribution in [2.75, 3.05) is 45.1 Å². The van der Waals surface area contributed by atoms with Gasteiger partial charge in [-0.2, -0.15) is 10.1 Å². The molecule has 1 aromatic heterocycles. The second-order valence-electron chi connectivity index (χ2n) is 4.63. The Labute approximate surface area is 135 Å². The second-order valence-corrected chi connectivity index (χ2v) is 4.63. The first kappa shape index (κ1) is 16.8. The van der Waals surface area contributed by atoms with E-state index in [2.05, 4.69) is 25.8 Å². The zero-order chi connectivity index (χ0) is 16.5. The molecule has 0 unspecified atom stereocenters. The third-order valence-electron chi connectivity index (χ3n) is 3.04. The molecule has 2 rings (SSSR count). The number of rotatable bonds is 9. The van der Waals surface area contributed by atoms with Crippen molar-refractivity contribution < 1.29 is 14.2 Å². The van der Waals surface area contributed by atoms with Gasteiger partial charge in [-0.1, -0.05) is 0 Å². The SMILES string of the molecule is COCCCNc1nncc(Nc2cc(OC)ccc2OC)n1. The predicted molar refractivity (Wildman–Crippen MR) is 87.6 cm³/mol. The Morgan fingerprint density at radius 2 is 2.00 bits per heavy atom. The molecule has 0 saturated heterocycles. The van der Waals surface area contributed by atoms with Crippen molar-refractivity contribution in [2.24, 2.45) is 0 Å². The molecule has 0 aliphatic rings. The van der Waals surface area contributed by atoms with Gasteiger partial charge in [-0.3, -0.25) is 0 Å². The van der Waals surface area contributed by atoms with Gasteiger partial charge < -0.3 is 24.8 Å². The number of nitrogens with one attached hydrogen (secondary N) is 2. The highest BCUT2D eigenvalue weighted by Gasteiger charge is 2.07. The summed E-state index contributed by atoms with van der Waals surface area (Å²) in [5.74, 6) is 2.40. The molecule has 0 atom stereocenters. The highest BCUT2D eigenvalue weighted by atomic mass is 16.5. The topological polar surface area (TPSA) is 90.4 Å². The molecule has 0 radical (unpaired) electrons. The highest BCUT2D eigenvalue weighted by Crippen LogP contribution is 2.30. The van der Waals surface area contributed by atoms with Crippen molar-refractivity contribution in [1.82, 2.24) is 15.2 Å². The van der Waals surface area contributed by atoms with Gasteiger partial charge in [0.05, 0.1) is 26.1 Å². The molecule has 1 aromatic carbocycles. The van der Waals surface area contributed by atoms with Gasteiger partial charge in [0.25, 0.3) is 0 Å². The van der Waals surface area contributed by atoms with E-state index in [0.717, 1.165) is 12.1 Å². The van der Waals surface area contributed by atoms with Crippen molar-refractivity contribution >= 4 is 17.5 Å². The predicted octanol–water partition coefficient (Wildman–Crippen LogP) is 2.08. The van der Waals surface area contributed by atoms with E-state index in [1.165, 1.54) is 0 Å². The van der Waals surface area contributed by atoms with E-state index in [1.54, 1.807) is 27.5 Å². The molecule has 1 heterocycles. The fourth-order valence-electron chi connectivity index (χ4n) is 1.91. The maximum Gasteiger partial charge on any atom is 0.244 e. The Hall–Kier alpha value is -2.61. The number of hydrogen-bond donors (Lipinski definition) is 2. The fraction of sp³-hybridized carbons (Fsp3) is 0.400. The lowest BCUT2D eigenvalue weighted by Crippen LogP contribution is -2.09. The number of nitrogens with zero attached hydrogens (tertiary/aromatic N) is 3. The van der Waals surface area contributed by atoms with Crippen LogP contribution in [-0.2, 0) is 4.74 Å². The Morgan fingerprint density at radius 3 is 2.74 bits per heavy atom. The van der Waals surface area contributed by atoms with Crippen molar-refractivity contribution in [3.63, 3.8) is 0 Å². The number of hydrogen-bond acceptors (Lipinski definition) is 8. The molecule has 2 N–H and O–H groups in total. The fourth-order valence-corrected chi connectivity index (χ4v) is 1.91. The summed E-state index contributed by atoms with van der Waals surface area (Å²) in [6, 6.07) is 5.47. The van der Waals surface area contributed by atoms with Crippen LogP contribution in [0.4, 0.5) is 17.5 Å². The minimum Gasteiger partial charge on any atom is -0.497 e. The number of aromatic nitrogens is 3. The van der Waals surface area contributed by atoms with E-state index in [9.17, 15) is 0 Å². The maximum absolute atomic E-state index is 5.33. The van der Waals surface area contributed by atoms with Crippen molar-refractivity contribution in [3.8, 4) is 11.5 Å². The summed E-state index contributed by atoms with van der Waals surface area (Å²) in [6.45, 7) is 1.39. The molecule has 8 nitrogen and oxygen atoms in total. The first-order valence-corrected chi connectivity index (χ1v) is 7.18. The summed E-state index contributed by atoms with van der Waals surface area (Å²) in [5.41, 5.74) is 0.734. The van der Waals surface area contributed by atoms with Gasteiger partial charge in [0, 0.05) is 26.3 Å². The van der Waals surface area contributed by atoms with E-state index in [0.29, 0.717) is 36.4 Å². The molecule has 0 amide bonds. The van der Waals surface area contributed by atoms with Gasteiger partial charge in [0.1, 0.15) is 11.5 Å². The molecular weight excluding hydrogens is 298 g/mol. The normalized spacial score (nSPS) is 10.2. The molecule has 0 spiro atoms. The highest BCUT2D eigenvalue weighted by molar-refractivity contribution is 5.66. The van der Waals surface area contributed by atoms with Crippen molar-refractivity contribution in [2.45, 2.75) is 6.42 Å². The lowest BCUT2D eigenvalue weighted by molar-refractivity contribution is 0.197. The lowest BCUT2D eigenvalue weighted by Gasteiger charge is -2.12. The molecule has 124 valence electrons. The first-order chi connectivity index (χ1) is 11.3. The van der Waals surface area contributed by atoms with Gasteiger partial charge in [-0.15, -0.1) is 5.10 Å². The molecule has 0 bridgehead atoms. The molecule has 0 aliphatic carbocycles. The van der Waals surface area contributed by atoms with E-state index in [-0.39, 0.29) is 0 Å². The van der Waals surface area contributed by atoms with Gasteiger partial charge in [-0.25, -0.2) is 0 Å². The standard InChI is InChI=1S/C15H21N5O3/c1-21-8-4-7-16-15-19-14(10-17-20-15)18-12-9-11(22-2)5-6-13(12)23-3/h5-6,9-10H,4,7-8H2,1-3H3,(H2,16,18,19,20). The summed E-state index contributed by atoms with van der Waals surface area (Å²) in [7, 11) is 4.89. The number of benzene rings is 1. The molecule has 2 aromatic rings. The van der Waals surface area contributed by atoms with E-state index in [1.807, 2.05) is 18.2 Å². The van der Waals surface area contributed by atoms with Crippen LogP contribution in [0.1, 0.15) is 6.42 Å². The Kier molecular flexibility index (Phi) is 6.37. The minimum atomic E-state index is 0.452. The summed E-state index contributed by atoms with van der Waals surface area (Å²) in [4.78, 5) is 4.36. The van der Waals surface area contributed by atoms with Crippen LogP contribution in [0.3, 0.4) is 0 Å². The Balaban J connectivity index is 2.08. The van der Waals surface area contributed by atoms with Crippen molar-refractivity contribution in [1.29, 1.82) is 0 Å². The summed E-state index contributed by atoms with van der Waals surface area (Å²) in [5, 5.41) is 14.1. The third-order valence-corrected chi connectivity index (χ3v) is 3.04. The Bertz CT molecular complexity index is 624. The zero-order valence-corrected chi connectivity index (χ0v) is 13.5. The quantitative estimate of drug-likeness (QED) is 0.679. The first-order valence-electron chi connectivity index (χ1n) is 7.18. The van der Waals surface area contributed by atoms with Gasteiger partial charge in [-0.05, 0) is 18.6 Å². The molecule has 0 fully saturated rings. The summed E-state index contributed by atoms with van der Waals surface area (Å²) in [6.07, 6.45) is 2.40. The maximum atomic E-state index is 5.33. The van der Waals surface area contributed by atoms with Crippen molar-refractivity contribution in [3.05, 3.63) is 24.4 Å². The zero-order valence-electron chi connectivity index (χ0n) is 13.5. The van der Waals surface area contributed by atoms with Gasteiger partial charge in [0.2, 0.25) is 5.95 Å². The summed E-state index contributed by atoms with van der Waals surface area (Å²) >= 11 is 0. The average molecular weight is 319 g/mol. The Morgan fingerprint density at radius 1 is 1.13 bits per heavy atom. The van der Waals surface area contributed by atoms with Crippen LogP contribution in [0.15, 0.2) is 24.4 Å². The largest absolute Gasteiger partial charge is 0.497 e. The van der Waals surface area contributed by atoms with E-state index < -0.39 is 0 Å². The number of anilines is 3. The van der Waals surface area contributed by atoms with Gasteiger partial charge in [0.15, 0.2) is 5.82 Å². The lowest BCUT2D eigenvalue weighted by atomic mass is 10.2. The molecular formula is C15H21N5O3. The van der Waals surface area contributed by atoms with Crippen LogP contribution in [0, 0.1) is 0 Å². The smallest absolute Gasteiger partial charge is 0.244 e. The molecule has 23 heavy (non-hydrogen) atoms. The minimum absolute atomic E-state index is 0.452. The van der Waals surface area contributed by atoms with Gasteiger partial charge >= 0.3 is 0 Å². The van der Waals surface area contributed by atoms with E-state index >= 15 is 0 Å². The number of ether oxygens (including phenoxy) is 3. The molecule has 0 saturated carbocycles. The van der Waals surface area contributed by atoms with Crippen LogP contribution in [-0.4, -0.2) is 49.7 Å². The van der Waals surface area contributed by atoms with Crippen LogP contribution in [0.2, 0.25) is 0 Å². The van der Waals surface area contributed by atoms with Crippen LogP contribution >= 0.6 is 0 Å². The van der Waals surface area contributed by atoms with Crippen LogP contribution in [0.25, 0.3) is 0 Å². The number of methoxy groups -OCH3 is 3. The second kappa shape index (κ2) is 8.74. The van der Waals surface area contributed by atoms with E-state index in [4.69, 9.17) is 14.2 Å².